The van der Waals surface area contributed by atoms with E-state index in [2.05, 4.69) is 34.7 Å². The van der Waals surface area contributed by atoms with E-state index in [1.165, 1.54) is 9.13 Å². The van der Waals surface area contributed by atoms with Gasteiger partial charge in [0, 0.05) is 9.61 Å². The molecule has 15 heavy (non-hydrogen) atoms. The molecule has 0 bridgehead atoms. The van der Waals surface area contributed by atoms with Gasteiger partial charge in [0.1, 0.15) is 0 Å². The van der Waals surface area contributed by atoms with Crippen LogP contribution in [0.5, 0.6) is 0 Å². The van der Waals surface area contributed by atoms with E-state index in [-0.39, 0.29) is 18.4 Å². The van der Waals surface area contributed by atoms with Gasteiger partial charge in [-0.15, -0.1) is 12.4 Å². The van der Waals surface area contributed by atoms with Crippen LogP contribution < -0.4 is 11.5 Å². The number of rotatable bonds is 5. The fraction of sp³-hybridized carbons (Fsp3) is 0.455. The molecule has 0 fully saturated rings. The Balaban J connectivity index is 0.00000196. The minimum absolute atomic E-state index is 0. The molecule has 2 nitrogen and oxygen atoms in total. The van der Waals surface area contributed by atoms with Gasteiger partial charge in [0.05, 0.1) is 0 Å². The maximum atomic E-state index is 6.09. The Bertz CT molecular complexity index is 281. The first-order valence-electron chi connectivity index (χ1n) is 4.95. The molecule has 86 valence electrons. The molecule has 0 unspecified atom stereocenters. The third-order valence-corrected chi connectivity index (χ3v) is 3.26. The topological polar surface area (TPSA) is 52.0 Å². The van der Waals surface area contributed by atoms with Crippen molar-refractivity contribution in [2.75, 3.05) is 6.54 Å². The first kappa shape index (κ1) is 15.2. The lowest BCUT2D eigenvalue weighted by molar-refractivity contribution is 0.589. The summed E-state index contributed by atoms with van der Waals surface area (Å²) in [6.45, 7) is 0.763. The lowest BCUT2D eigenvalue weighted by Crippen LogP contribution is -2.12. The first-order valence-corrected chi connectivity index (χ1v) is 6.03. The standard InChI is InChI=1S/C11H17IN2.ClH/c12-10-6-2-1-5-9(10)11(14)7-3-4-8-13;/h1-2,5-6,11H,3-4,7-8,13-14H2;1H/t11-;/m1./s1. The molecule has 0 aromatic heterocycles. The lowest BCUT2D eigenvalue weighted by Gasteiger charge is -2.13. The summed E-state index contributed by atoms with van der Waals surface area (Å²) in [4.78, 5) is 0. The van der Waals surface area contributed by atoms with Gasteiger partial charge in [0.2, 0.25) is 0 Å². The van der Waals surface area contributed by atoms with Crippen molar-refractivity contribution in [2.45, 2.75) is 25.3 Å². The van der Waals surface area contributed by atoms with E-state index in [1.807, 2.05) is 12.1 Å². The summed E-state index contributed by atoms with van der Waals surface area (Å²) in [6, 6.07) is 8.45. The average molecular weight is 341 g/mol. The van der Waals surface area contributed by atoms with Crippen LogP contribution in [-0.2, 0) is 0 Å². The molecule has 1 aromatic carbocycles. The first-order chi connectivity index (χ1) is 6.75. The van der Waals surface area contributed by atoms with E-state index in [0.29, 0.717) is 0 Å². The number of nitrogens with two attached hydrogens (primary N) is 2. The molecule has 0 saturated carbocycles. The monoisotopic (exact) mass is 340 g/mol. The average Bonchev–Trinajstić information content (AvgIpc) is 2.18. The van der Waals surface area contributed by atoms with Crippen LogP contribution in [0.3, 0.4) is 0 Å². The van der Waals surface area contributed by atoms with E-state index in [0.717, 1.165) is 25.8 Å². The summed E-state index contributed by atoms with van der Waals surface area (Å²) in [5.74, 6) is 0. The molecule has 0 amide bonds. The van der Waals surface area contributed by atoms with Crippen LogP contribution >= 0.6 is 35.0 Å². The highest BCUT2D eigenvalue weighted by Gasteiger charge is 2.07. The predicted octanol–water partition coefficient (Wildman–Crippen LogP) is 2.84. The Labute approximate surface area is 111 Å². The van der Waals surface area contributed by atoms with Gasteiger partial charge in [-0.05, 0) is 53.6 Å². The number of hydrogen-bond acceptors (Lipinski definition) is 2. The molecule has 0 spiro atoms. The normalized spacial score (nSPS) is 11.9. The minimum atomic E-state index is 0. The van der Waals surface area contributed by atoms with Gasteiger partial charge in [-0.1, -0.05) is 24.6 Å². The molecule has 0 aliphatic rings. The molecule has 4 heteroatoms. The highest BCUT2D eigenvalue weighted by Crippen LogP contribution is 2.21. The Hall–Kier alpha value is 0.160. The zero-order valence-electron chi connectivity index (χ0n) is 8.66. The third kappa shape index (κ3) is 5.15. The van der Waals surface area contributed by atoms with E-state index in [4.69, 9.17) is 11.5 Å². The number of benzene rings is 1. The second-order valence-electron chi connectivity index (χ2n) is 3.41. The van der Waals surface area contributed by atoms with Crippen LogP contribution in [0.2, 0.25) is 0 Å². The fourth-order valence-electron chi connectivity index (χ4n) is 1.44. The molecule has 1 atom stereocenters. The summed E-state index contributed by atoms with van der Waals surface area (Å²) in [5.41, 5.74) is 12.8. The molecule has 0 heterocycles. The summed E-state index contributed by atoms with van der Waals surface area (Å²) < 4.78 is 1.25. The van der Waals surface area contributed by atoms with Crippen molar-refractivity contribution >= 4 is 35.0 Å². The van der Waals surface area contributed by atoms with E-state index >= 15 is 0 Å². The van der Waals surface area contributed by atoms with E-state index in [9.17, 15) is 0 Å². The molecule has 0 aliphatic heterocycles. The lowest BCUT2D eigenvalue weighted by atomic mass is 10.0. The van der Waals surface area contributed by atoms with Crippen molar-refractivity contribution in [2.24, 2.45) is 11.5 Å². The minimum Gasteiger partial charge on any atom is -0.330 e. The van der Waals surface area contributed by atoms with Crippen LogP contribution in [0.4, 0.5) is 0 Å². The second kappa shape index (κ2) is 8.33. The molecule has 0 aliphatic carbocycles. The van der Waals surface area contributed by atoms with Crippen LogP contribution in [-0.4, -0.2) is 6.54 Å². The van der Waals surface area contributed by atoms with Gasteiger partial charge >= 0.3 is 0 Å². The number of halogens is 2. The van der Waals surface area contributed by atoms with E-state index in [1.54, 1.807) is 0 Å². The summed E-state index contributed by atoms with van der Waals surface area (Å²) >= 11 is 2.33. The molecular formula is C11H18ClIN2. The maximum absolute atomic E-state index is 6.09. The van der Waals surface area contributed by atoms with Gasteiger partial charge in [-0.25, -0.2) is 0 Å². The SMILES string of the molecule is Cl.NCCCC[C@@H](N)c1ccccc1I. The Morgan fingerprint density at radius 2 is 1.87 bits per heavy atom. The van der Waals surface area contributed by atoms with Crippen LogP contribution in [0.15, 0.2) is 24.3 Å². The van der Waals surface area contributed by atoms with Crippen molar-refractivity contribution < 1.29 is 0 Å². The van der Waals surface area contributed by atoms with E-state index < -0.39 is 0 Å². The summed E-state index contributed by atoms with van der Waals surface area (Å²) in [5, 5.41) is 0. The molecular weight excluding hydrogens is 322 g/mol. The van der Waals surface area contributed by atoms with Gasteiger partial charge in [0.15, 0.2) is 0 Å². The zero-order valence-corrected chi connectivity index (χ0v) is 11.6. The second-order valence-corrected chi connectivity index (χ2v) is 4.57. The van der Waals surface area contributed by atoms with Gasteiger partial charge < -0.3 is 11.5 Å². The number of unbranched alkanes of at least 4 members (excludes halogenated alkanes) is 1. The molecule has 1 rings (SSSR count). The van der Waals surface area contributed by atoms with Gasteiger partial charge in [-0.3, -0.25) is 0 Å². The molecule has 4 N–H and O–H groups in total. The Morgan fingerprint density at radius 1 is 1.20 bits per heavy atom. The maximum Gasteiger partial charge on any atom is 0.0305 e. The Kier molecular flexibility index (Phi) is 8.42. The molecule has 1 aromatic rings. The van der Waals surface area contributed by atoms with Gasteiger partial charge in [-0.2, -0.15) is 0 Å². The smallest absolute Gasteiger partial charge is 0.0305 e. The summed E-state index contributed by atoms with van der Waals surface area (Å²) in [7, 11) is 0. The van der Waals surface area contributed by atoms with Crippen molar-refractivity contribution in [1.82, 2.24) is 0 Å². The highest BCUT2D eigenvalue weighted by molar-refractivity contribution is 14.1. The van der Waals surface area contributed by atoms with Crippen molar-refractivity contribution in [1.29, 1.82) is 0 Å². The molecule has 0 saturated heterocycles. The quantitative estimate of drug-likeness (QED) is 0.640. The van der Waals surface area contributed by atoms with Crippen LogP contribution in [0.25, 0.3) is 0 Å². The largest absolute Gasteiger partial charge is 0.330 e. The third-order valence-electron chi connectivity index (χ3n) is 2.27. The summed E-state index contributed by atoms with van der Waals surface area (Å²) in [6.07, 6.45) is 3.21. The predicted molar refractivity (Wildman–Crippen MR) is 76.2 cm³/mol. The zero-order chi connectivity index (χ0) is 10.4. The number of hydrogen-bond donors (Lipinski definition) is 2. The highest BCUT2D eigenvalue weighted by atomic mass is 127. The van der Waals surface area contributed by atoms with Crippen molar-refractivity contribution in [3.63, 3.8) is 0 Å². The fourth-order valence-corrected chi connectivity index (χ4v) is 2.23. The van der Waals surface area contributed by atoms with Crippen LogP contribution in [0, 0.1) is 3.57 Å². The van der Waals surface area contributed by atoms with Crippen molar-refractivity contribution in [3.05, 3.63) is 33.4 Å². The van der Waals surface area contributed by atoms with Crippen molar-refractivity contribution in [3.8, 4) is 0 Å². The molecule has 0 radical (unpaired) electrons. The van der Waals surface area contributed by atoms with Crippen LogP contribution in [0.1, 0.15) is 30.9 Å². The van der Waals surface area contributed by atoms with Gasteiger partial charge in [0.25, 0.3) is 0 Å². The Morgan fingerprint density at radius 3 is 2.47 bits per heavy atom.